The smallest absolute Gasteiger partial charge is 0.415 e. The molecule has 4 saturated heterocycles. The van der Waals surface area contributed by atoms with E-state index in [1.165, 1.54) is 41.8 Å². The van der Waals surface area contributed by atoms with Crippen LogP contribution in [0.2, 0.25) is 0 Å². The first-order valence-corrected chi connectivity index (χ1v) is 20.5. The number of sulfone groups is 1. The average Bonchev–Trinajstić information content (AvgIpc) is 3.65. The van der Waals surface area contributed by atoms with Crippen LogP contribution in [0.1, 0.15) is 13.8 Å². The largest absolute Gasteiger partial charge is 0.489 e. The van der Waals surface area contributed by atoms with Gasteiger partial charge in [0, 0.05) is 75.8 Å². The molecular formula is C34H40F2N6O10S2. The lowest BCUT2D eigenvalue weighted by Gasteiger charge is -2.34. The van der Waals surface area contributed by atoms with Crippen molar-refractivity contribution in [3.05, 3.63) is 35.9 Å². The monoisotopic (exact) mass is 794 g/mol. The Morgan fingerprint density at radius 3 is 1.57 bits per heavy atom. The average molecular weight is 795 g/mol. The highest BCUT2D eigenvalue weighted by atomic mass is 32.2. The Bertz CT molecular complexity index is 1940. The van der Waals surface area contributed by atoms with E-state index < -0.39 is 52.1 Å². The third-order valence-electron chi connectivity index (χ3n) is 9.96. The summed E-state index contributed by atoms with van der Waals surface area (Å²) in [4.78, 5) is 53.3. The normalized spacial score (nSPS) is 25.0. The van der Waals surface area contributed by atoms with E-state index in [2.05, 4.69) is 10.6 Å². The molecular weight excluding hydrogens is 755 g/mol. The number of carbonyl (C=O) groups excluding carboxylic acids is 4. The van der Waals surface area contributed by atoms with Crippen LogP contribution in [0.25, 0.3) is 0 Å². The summed E-state index contributed by atoms with van der Waals surface area (Å²) in [6, 6.07) is 4.86. The summed E-state index contributed by atoms with van der Waals surface area (Å²) in [5.41, 5.74) is 1.39. The molecule has 8 rings (SSSR count). The minimum atomic E-state index is -3.09. The molecule has 2 aromatic rings. The zero-order valence-corrected chi connectivity index (χ0v) is 31.2. The molecule has 6 heterocycles. The molecule has 4 atom stereocenters. The first-order chi connectivity index (χ1) is 25.8. The molecule has 54 heavy (non-hydrogen) atoms. The zero-order valence-electron chi connectivity index (χ0n) is 29.5. The molecule has 4 amide bonds. The summed E-state index contributed by atoms with van der Waals surface area (Å²) in [5, 5.41) is 5.25. The molecule has 0 saturated carbocycles. The Balaban J connectivity index is 0.000000167. The van der Waals surface area contributed by atoms with E-state index in [0.29, 0.717) is 22.9 Å². The van der Waals surface area contributed by atoms with Crippen molar-refractivity contribution >= 4 is 68.3 Å². The molecule has 0 bridgehead atoms. The molecule has 2 aromatic carbocycles. The van der Waals surface area contributed by atoms with Gasteiger partial charge >= 0.3 is 12.2 Å². The number of anilines is 4. The number of ether oxygens (including phenoxy) is 4. The van der Waals surface area contributed by atoms with Crippen LogP contribution < -0.4 is 39.7 Å². The fraction of sp³-hybridized carbons (Fsp3) is 0.529. The van der Waals surface area contributed by atoms with E-state index in [1.54, 1.807) is 11.0 Å². The zero-order chi connectivity index (χ0) is 38.3. The van der Waals surface area contributed by atoms with E-state index in [4.69, 9.17) is 18.9 Å². The topological polar surface area (TPSA) is 176 Å². The Hall–Kier alpha value is -4.72. The van der Waals surface area contributed by atoms with Gasteiger partial charge in [-0.3, -0.25) is 19.4 Å². The fourth-order valence-electron chi connectivity index (χ4n) is 7.16. The van der Waals surface area contributed by atoms with Gasteiger partial charge in [-0.25, -0.2) is 26.8 Å². The van der Waals surface area contributed by atoms with E-state index >= 15 is 0 Å². The molecule has 6 aliphatic heterocycles. The van der Waals surface area contributed by atoms with Gasteiger partial charge in [0.1, 0.15) is 60.6 Å². The standard InChI is InChI=1S/C17H20FN3O6S.C17H20FN3O4S/c1-10(22)19-8-16-14-9-26-15-7-12(20-2-4-28(24,25)5-3-20)11(18)6-13(15)21(14)17(23)27-16;1-10(22)19-8-16-14-9-24-15-7-12(20-2-4-26-5-3-20)11(18)6-13(15)21(14)17(23)25-16/h6-7,14,16H,2-5,8-9H2,1H3,(H,19,22);6-7,14,16H,2-5,8-9H2,1H3,(H,19,22)/t2*14-,16-/m00/s1. The number of hydrogen-bond acceptors (Lipinski definition) is 13. The number of rotatable bonds is 6. The van der Waals surface area contributed by atoms with E-state index in [0.717, 1.165) is 24.6 Å². The maximum absolute atomic E-state index is 14.8. The highest BCUT2D eigenvalue weighted by Gasteiger charge is 2.48. The van der Waals surface area contributed by atoms with Gasteiger partial charge in [-0.05, 0) is 0 Å². The van der Waals surface area contributed by atoms with Crippen molar-refractivity contribution in [2.75, 3.05) is 95.1 Å². The van der Waals surface area contributed by atoms with Crippen LogP contribution in [0.4, 0.5) is 41.1 Å². The van der Waals surface area contributed by atoms with Crippen LogP contribution in [0, 0.1) is 11.6 Å². The molecule has 292 valence electrons. The summed E-state index contributed by atoms with van der Waals surface area (Å²) in [6.45, 7) is 5.46. The molecule has 0 aromatic heterocycles. The van der Waals surface area contributed by atoms with Crippen LogP contribution in [-0.2, 0) is 28.9 Å². The Labute approximate surface area is 314 Å². The number of hydrogen-bond donors (Lipinski definition) is 2. The first-order valence-electron chi connectivity index (χ1n) is 17.5. The lowest BCUT2D eigenvalue weighted by molar-refractivity contribution is -0.120. The van der Waals surface area contributed by atoms with Gasteiger partial charge in [-0.2, -0.15) is 11.8 Å². The molecule has 0 radical (unpaired) electrons. The number of thioether (sulfide) groups is 1. The van der Waals surface area contributed by atoms with Crippen LogP contribution in [0.15, 0.2) is 24.3 Å². The SMILES string of the molecule is CC(=O)NC[C@@H]1OC(=O)N2c3cc(F)c(N4CCS(=O)(=O)CC4)cc3OC[C@@H]12.CC(=O)NC[C@@H]1OC(=O)N2c3cc(F)c(N4CCSCC4)cc3OC[C@@H]12. The number of amides is 4. The molecule has 0 aliphatic carbocycles. The van der Waals surface area contributed by atoms with Gasteiger partial charge in [0.05, 0.1) is 47.3 Å². The molecule has 0 spiro atoms. The van der Waals surface area contributed by atoms with Gasteiger partial charge in [-0.15, -0.1) is 0 Å². The first kappa shape index (κ1) is 37.6. The second-order valence-corrected chi connectivity index (χ2v) is 17.0. The van der Waals surface area contributed by atoms with Gasteiger partial charge in [0.2, 0.25) is 11.8 Å². The van der Waals surface area contributed by atoms with Crippen LogP contribution >= 0.6 is 11.8 Å². The van der Waals surface area contributed by atoms with Gasteiger partial charge in [-0.1, -0.05) is 0 Å². The highest BCUT2D eigenvalue weighted by Crippen LogP contribution is 2.44. The maximum Gasteiger partial charge on any atom is 0.415 e. The molecule has 2 N–H and O–H groups in total. The van der Waals surface area contributed by atoms with E-state index in [9.17, 15) is 36.4 Å². The second-order valence-electron chi connectivity index (χ2n) is 13.5. The molecule has 6 aliphatic rings. The van der Waals surface area contributed by atoms with Crippen LogP contribution in [0.5, 0.6) is 11.5 Å². The Morgan fingerprint density at radius 1 is 0.722 bits per heavy atom. The van der Waals surface area contributed by atoms with Crippen LogP contribution in [-0.4, -0.2) is 132 Å². The summed E-state index contributed by atoms with van der Waals surface area (Å²) in [5.74, 6) is 1.28. The van der Waals surface area contributed by atoms with Crippen LogP contribution in [0.3, 0.4) is 0 Å². The van der Waals surface area contributed by atoms with Gasteiger partial charge < -0.3 is 39.4 Å². The summed E-state index contributed by atoms with van der Waals surface area (Å²) < 4.78 is 75.0. The third kappa shape index (κ3) is 7.62. The van der Waals surface area contributed by atoms with Crippen molar-refractivity contribution in [1.82, 2.24) is 10.6 Å². The predicted molar refractivity (Wildman–Crippen MR) is 195 cm³/mol. The fourth-order valence-corrected chi connectivity index (χ4v) is 9.26. The number of cyclic esters (lactones) is 2. The summed E-state index contributed by atoms with van der Waals surface area (Å²) in [6.07, 6.45) is -2.29. The molecule has 0 unspecified atom stereocenters. The molecule has 4 fully saturated rings. The highest BCUT2D eigenvalue weighted by molar-refractivity contribution is 7.99. The van der Waals surface area contributed by atoms with Crippen molar-refractivity contribution in [1.29, 1.82) is 0 Å². The van der Waals surface area contributed by atoms with Crippen molar-refractivity contribution in [3.8, 4) is 11.5 Å². The number of nitrogens with one attached hydrogen (secondary N) is 2. The predicted octanol–water partition coefficient (Wildman–Crippen LogP) is 1.88. The summed E-state index contributed by atoms with van der Waals surface area (Å²) in [7, 11) is -3.09. The van der Waals surface area contributed by atoms with E-state index in [1.807, 2.05) is 16.7 Å². The number of carbonyl (C=O) groups is 4. The summed E-state index contributed by atoms with van der Waals surface area (Å²) >= 11 is 1.85. The Kier molecular flexibility index (Phi) is 10.6. The minimum absolute atomic E-state index is 0.0320. The number of halogens is 2. The van der Waals surface area contributed by atoms with Crippen molar-refractivity contribution in [2.24, 2.45) is 0 Å². The number of fused-ring (bicyclic) bond motifs is 6. The number of nitrogens with zero attached hydrogens (tertiary/aromatic N) is 4. The maximum atomic E-state index is 14.8. The van der Waals surface area contributed by atoms with E-state index in [-0.39, 0.29) is 79.9 Å². The van der Waals surface area contributed by atoms with Crippen molar-refractivity contribution < 1.29 is 55.3 Å². The second kappa shape index (κ2) is 15.2. The lowest BCUT2D eigenvalue weighted by Crippen LogP contribution is -2.47. The minimum Gasteiger partial charge on any atom is -0.489 e. The Morgan fingerprint density at radius 2 is 1.15 bits per heavy atom. The van der Waals surface area contributed by atoms with Gasteiger partial charge in [0.15, 0.2) is 9.84 Å². The number of benzene rings is 2. The van der Waals surface area contributed by atoms with Crippen molar-refractivity contribution in [3.63, 3.8) is 0 Å². The molecule has 16 nitrogen and oxygen atoms in total. The third-order valence-corrected chi connectivity index (χ3v) is 12.5. The molecule has 20 heteroatoms. The lowest BCUT2D eigenvalue weighted by atomic mass is 10.1. The quantitative estimate of drug-likeness (QED) is 0.434. The van der Waals surface area contributed by atoms with Gasteiger partial charge in [0.25, 0.3) is 0 Å². The van der Waals surface area contributed by atoms with Crippen molar-refractivity contribution in [2.45, 2.75) is 38.1 Å².